The first kappa shape index (κ1) is 19.5. The molecule has 1 fully saturated rings. The van der Waals surface area contributed by atoms with Gasteiger partial charge in [-0.3, -0.25) is 0 Å². The van der Waals surface area contributed by atoms with Crippen LogP contribution >= 0.6 is 31.9 Å². The van der Waals surface area contributed by atoms with E-state index in [-0.39, 0.29) is 6.10 Å². The fourth-order valence-electron chi connectivity index (χ4n) is 2.88. The van der Waals surface area contributed by atoms with E-state index in [0.29, 0.717) is 0 Å². The lowest BCUT2D eigenvalue weighted by Gasteiger charge is -2.29. The number of rotatable bonds is 6. The lowest BCUT2D eigenvalue weighted by Crippen LogP contribution is -2.36. The number of morpholine rings is 1. The Hall–Kier alpha value is -1.24. The Morgan fingerprint density at radius 3 is 2.27 bits per heavy atom. The number of nitrogens with one attached hydrogen (secondary N) is 1. The summed E-state index contributed by atoms with van der Waals surface area (Å²) in [5, 5.41) is 3.48. The van der Waals surface area contributed by atoms with Gasteiger partial charge < -0.3 is 19.7 Å². The smallest absolute Gasteiger partial charge is 0.148 e. The SMILES string of the molecule is CC(C)Oc1c(Br)cc(CNc2ccc(N3CCOCC3)cc2)cc1Br. The average molecular weight is 484 g/mol. The van der Waals surface area contributed by atoms with Crippen molar-refractivity contribution >= 4 is 43.2 Å². The van der Waals surface area contributed by atoms with Gasteiger partial charge in [0.2, 0.25) is 0 Å². The highest BCUT2D eigenvalue weighted by molar-refractivity contribution is 9.11. The number of hydrogen-bond acceptors (Lipinski definition) is 4. The van der Waals surface area contributed by atoms with Gasteiger partial charge in [-0.05, 0) is 87.7 Å². The van der Waals surface area contributed by atoms with Gasteiger partial charge in [0, 0.05) is 31.0 Å². The Morgan fingerprint density at radius 1 is 1.08 bits per heavy atom. The van der Waals surface area contributed by atoms with E-state index in [9.17, 15) is 0 Å². The van der Waals surface area contributed by atoms with Gasteiger partial charge in [-0.15, -0.1) is 0 Å². The average Bonchev–Trinajstić information content (AvgIpc) is 2.64. The molecule has 0 radical (unpaired) electrons. The molecule has 0 aliphatic carbocycles. The predicted molar refractivity (Wildman–Crippen MR) is 114 cm³/mol. The van der Waals surface area contributed by atoms with E-state index in [0.717, 1.165) is 53.2 Å². The zero-order chi connectivity index (χ0) is 18.5. The van der Waals surface area contributed by atoms with Crippen LogP contribution in [0.3, 0.4) is 0 Å². The van der Waals surface area contributed by atoms with Crippen LogP contribution in [-0.4, -0.2) is 32.4 Å². The Labute approximate surface area is 172 Å². The third-order valence-electron chi connectivity index (χ3n) is 4.15. The van der Waals surface area contributed by atoms with Crippen molar-refractivity contribution in [3.63, 3.8) is 0 Å². The Kier molecular flexibility index (Phi) is 6.84. The largest absolute Gasteiger partial charge is 0.489 e. The first-order valence-corrected chi connectivity index (χ1v) is 10.4. The molecular weight excluding hydrogens is 460 g/mol. The molecule has 0 saturated carbocycles. The summed E-state index contributed by atoms with van der Waals surface area (Å²) in [6.45, 7) is 8.32. The number of ether oxygens (including phenoxy) is 2. The molecule has 0 amide bonds. The van der Waals surface area contributed by atoms with Crippen molar-refractivity contribution in [3.05, 3.63) is 50.9 Å². The van der Waals surface area contributed by atoms with Crippen LogP contribution in [0.15, 0.2) is 45.3 Å². The van der Waals surface area contributed by atoms with Crippen LogP contribution in [0.2, 0.25) is 0 Å². The standard InChI is InChI=1S/C20H24Br2N2O2/c1-14(2)26-20-18(21)11-15(12-19(20)22)13-23-16-3-5-17(6-4-16)24-7-9-25-10-8-24/h3-6,11-12,14,23H,7-10,13H2,1-2H3. The topological polar surface area (TPSA) is 33.7 Å². The van der Waals surface area contributed by atoms with E-state index < -0.39 is 0 Å². The summed E-state index contributed by atoms with van der Waals surface area (Å²) in [5.74, 6) is 0.846. The summed E-state index contributed by atoms with van der Waals surface area (Å²) in [7, 11) is 0. The molecule has 1 saturated heterocycles. The van der Waals surface area contributed by atoms with Crippen LogP contribution in [0.4, 0.5) is 11.4 Å². The molecular formula is C20H24Br2N2O2. The Morgan fingerprint density at radius 2 is 1.69 bits per heavy atom. The molecule has 1 heterocycles. The lowest BCUT2D eigenvalue weighted by atomic mass is 10.2. The van der Waals surface area contributed by atoms with Crippen LogP contribution in [0.25, 0.3) is 0 Å². The summed E-state index contributed by atoms with van der Waals surface area (Å²) in [5.41, 5.74) is 3.54. The minimum atomic E-state index is 0.136. The van der Waals surface area contributed by atoms with Crippen molar-refractivity contribution in [3.8, 4) is 5.75 Å². The van der Waals surface area contributed by atoms with Gasteiger partial charge in [0.25, 0.3) is 0 Å². The molecule has 0 aromatic heterocycles. The fourth-order valence-corrected chi connectivity index (χ4v) is 4.35. The molecule has 140 valence electrons. The first-order valence-electron chi connectivity index (χ1n) is 8.84. The van der Waals surface area contributed by atoms with Gasteiger partial charge in [0.1, 0.15) is 5.75 Å². The van der Waals surface area contributed by atoms with Crippen LogP contribution in [0.1, 0.15) is 19.4 Å². The molecule has 2 aromatic carbocycles. The van der Waals surface area contributed by atoms with Crippen LogP contribution < -0.4 is 15.0 Å². The van der Waals surface area contributed by atoms with Gasteiger partial charge in [-0.25, -0.2) is 0 Å². The zero-order valence-corrected chi connectivity index (χ0v) is 18.3. The summed E-state index contributed by atoms with van der Waals surface area (Å²) in [6.07, 6.45) is 0.136. The molecule has 26 heavy (non-hydrogen) atoms. The van der Waals surface area contributed by atoms with E-state index >= 15 is 0 Å². The zero-order valence-electron chi connectivity index (χ0n) is 15.1. The number of anilines is 2. The molecule has 1 aliphatic heterocycles. The van der Waals surface area contributed by atoms with Crippen LogP contribution in [0.5, 0.6) is 5.75 Å². The summed E-state index contributed by atoms with van der Waals surface area (Å²) < 4.78 is 13.2. The van der Waals surface area contributed by atoms with E-state index in [1.54, 1.807) is 0 Å². The lowest BCUT2D eigenvalue weighted by molar-refractivity contribution is 0.122. The molecule has 0 spiro atoms. The molecule has 1 N–H and O–H groups in total. The van der Waals surface area contributed by atoms with Crippen molar-refractivity contribution in [1.29, 1.82) is 0 Å². The molecule has 2 aromatic rings. The molecule has 0 atom stereocenters. The third-order valence-corrected chi connectivity index (χ3v) is 5.33. The monoisotopic (exact) mass is 482 g/mol. The number of nitrogens with zero attached hydrogens (tertiary/aromatic N) is 1. The van der Waals surface area contributed by atoms with Gasteiger partial charge >= 0.3 is 0 Å². The molecule has 4 nitrogen and oxygen atoms in total. The molecule has 1 aliphatic rings. The van der Waals surface area contributed by atoms with Crippen molar-refractivity contribution < 1.29 is 9.47 Å². The van der Waals surface area contributed by atoms with Crippen LogP contribution in [0, 0.1) is 0 Å². The van der Waals surface area contributed by atoms with Crippen LogP contribution in [-0.2, 0) is 11.3 Å². The highest BCUT2D eigenvalue weighted by Gasteiger charge is 2.12. The van der Waals surface area contributed by atoms with E-state index in [1.165, 1.54) is 11.3 Å². The van der Waals surface area contributed by atoms with Gasteiger partial charge in [-0.1, -0.05) is 0 Å². The summed E-state index contributed by atoms with van der Waals surface area (Å²) in [4.78, 5) is 2.36. The second-order valence-corrected chi connectivity index (χ2v) is 8.26. The molecule has 0 bridgehead atoms. The highest BCUT2D eigenvalue weighted by Crippen LogP contribution is 2.35. The summed E-state index contributed by atoms with van der Waals surface area (Å²) >= 11 is 7.22. The van der Waals surface area contributed by atoms with Crippen molar-refractivity contribution in [2.45, 2.75) is 26.5 Å². The number of hydrogen-bond donors (Lipinski definition) is 1. The maximum Gasteiger partial charge on any atom is 0.148 e. The van der Waals surface area contributed by atoms with E-state index in [4.69, 9.17) is 9.47 Å². The minimum Gasteiger partial charge on any atom is -0.489 e. The first-order chi connectivity index (χ1) is 12.5. The third kappa shape index (κ3) is 5.15. The quantitative estimate of drug-likeness (QED) is 0.592. The predicted octanol–water partition coefficient (Wildman–Crippen LogP) is 5.45. The van der Waals surface area contributed by atoms with Gasteiger partial charge in [-0.2, -0.15) is 0 Å². The molecule has 6 heteroatoms. The number of benzene rings is 2. The second kappa shape index (κ2) is 9.11. The molecule has 0 unspecified atom stereocenters. The van der Waals surface area contributed by atoms with Crippen molar-refractivity contribution in [1.82, 2.24) is 0 Å². The van der Waals surface area contributed by atoms with Gasteiger partial charge in [0.15, 0.2) is 0 Å². The maximum absolute atomic E-state index is 5.84. The highest BCUT2D eigenvalue weighted by atomic mass is 79.9. The Bertz CT molecular complexity index is 706. The van der Waals surface area contributed by atoms with Crippen molar-refractivity contribution in [2.24, 2.45) is 0 Å². The van der Waals surface area contributed by atoms with E-state index in [2.05, 4.69) is 78.5 Å². The maximum atomic E-state index is 5.84. The second-order valence-electron chi connectivity index (χ2n) is 6.56. The van der Waals surface area contributed by atoms with E-state index in [1.807, 2.05) is 13.8 Å². The summed E-state index contributed by atoms with van der Waals surface area (Å²) in [6, 6.07) is 12.8. The normalized spacial score (nSPS) is 14.6. The Balaban J connectivity index is 1.61. The molecule has 3 rings (SSSR count). The van der Waals surface area contributed by atoms with Gasteiger partial charge in [0.05, 0.1) is 28.3 Å². The van der Waals surface area contributed by atoms with Crippen molar-refractivity contribution in [2.75, 3.05) is 36.5 Å². The number of halogens is 2. The minimum absolute atomic E-state index is 0.136. The fraction of sp³-hybridized carbons (Fsp3) is 0.400.